The first-order valence-corrected chi connectivity index (χ1v) is 11.5. The average molecular weight is 437 g/mol. The number of hydrogen-bond donors (Lipinski definition) is 1. The number of hydrogen-bond acceptors (Lipinski definition) is 4. The summed E-state index contributed by atoms with van der Waals surface area (Å²) in [4.78, 5) is 12.9. The molecule has 1 amide bonds. The van der Waals surface area contributed by atoms with Crippen molar-refractivity contribution >= 4 is 33.2 Å². The summed E-state index contributed by atoms with van der Waals surface area (Å²) in [5.41, 5.74) is 0.593. The van der Waals surface area contributed by atoms with Crippen molar-refractivity contribution in [2.45, 2.75) is 44.1 Å². The fourth-order valence-electron chi connectivity index (χ4n) is 3.21. The lowest BCUT2D eigenvalue weighted by molar-refractivity contribution is 0.102. The van der Waals surface area contributed by atoms with E-state index in [2.05, 4.69) is 5.32 Å². The van der Waals surface area contributed by atoms with Crippen LogP contribution in [0.3, 0.4) is 0 Å². The summed E-state index contributed by atoms with van der Waals surface area (Å²) in [6.45, 7) is 4.73. The fraction of sp³-hybridized carbons (Fsp3) is 0.381. The van der Waals surface area contributed by atoms with Gasteiger partial charge in [-0.2, -0.15) is 4.31 Å². The average Bonchev–Trinajstić information content (AvgIpc) is 2.69. The second-order valence-corrected chi connectivity index (χ2v) is 9.57. The number of benzene rings is 2. The smallest absolute Gasteiger partial charge is 0.257 e. The summed E-state index contributed by atoms with van der Waals surface area (Å²) in [5, 5.41) is 3.07. The standard InChI is InChI=1S/C21H25ClN2O4S/c1-15(2)28-20-11-10-16(29(26,27)24-12-6-3-7-13-24)14-19(20)23-21(25)17-8-4-5-9-18(17)22/h4-5,8-11,14-15H,3,6-7,12-13H2,1-2H3,(H,23,25). The number of rotatable bonds is 6. The van der Waals surface area contributed by atoms with Gasteiger partial charge in [0.25, 0.3) is 5.91 Å². The minimum atomic E-state index is -3.64. The zero-order valence-electron chi connectivity index (χ0n) is 16.5. The predicted octanol–water partition coefficient (Wildman–Crippen LogP) is 4.55. The van der Waals surface area contributed by atoms with Crippen LogP contribution in [0.1, 0.15) is 43.5 Å². The van der Waals surface area contributed by atoms with Gasteiger partial charge in [0.1, 0.15) is 5.75 Å². The lowest BCUT2D eigenvalue weighted by atomic mass is 10.2. The Labute approximate surface area is 176 Å². The SMILES string of the molecule is CC(C)Oc1ccc(S(=O)(=O)N2CCCCC2)cc1NC(=O)c1ccccc1Cl. The number of piperidine rings is 1. The number of nitrogens with one attached hydrogen (secondary N) is 1. The first-order valence-electron chi connectivity index (χ1n) is 9.66. The monoisotopic (exact) mass is 436 g/mol. The molecule has 1 saturated heterocycles. The molecule has 1 aliphatic heterocycles. The number of sulfonamides is 1. The van der Waals surface area contributed by atoms with Crippen LogP contribution in [-0.4, -0.2) is 37.8 Å². The number of amides is 1. The van der Waals surface area contributed by atoms with Crippen LogP contribution in [0.25, 0.3) is 0 Å². The Balaban J connectivity index is 1.96. The largest absolute Gasteiger partial charge is 0.489 e. The van der Waals surface area contributed by atoms with Gasteiger partial charge in [-0.25, -0.2) is 8.42 Å². The molecule has 1 N–H and O–H groups in total. The quantitative estimate of drug-likeness (QED) is 0.720. The first kappa shape index (κ1) is 21.6. The fourth-order valence-corrected chi connectivity index (χ4v) is 4.98. The van der Waals surface area contributed by atoms with Crippen LogP contribution >= 0.6 is 11.6 Å². The molecule has 0 saturated carbocycles. The van der Waals surface area contributed by atoms with Gasteiger partial charge in [0.05, 0.1) is 27.3 Å². The van der Waals surface area contributed by atoms with Gasteiger partial charge >= 0.3 is 0 Å². The van der Waals surface area contributed by atoms with Crippen molar-refractivity contribution in [1.82, 2.24) is 4.31 Å². The lowest BCUT2D eigenvalue weighted by Crippen LogP contribution is -2.35. The Morgan fingerprint density at radius 2 is 1.79 bits per heavy atom. The van der Waals surface area contributed by atoms with Crippen LogP contribution in [0, 0.1) is 0 Å². The van der Waals surface area contributed by atoms with Gasteiger partial charge in [-0.15, -0.1) is 0 Å². The molecule has 0 spiro atoms. The van der Waals surface area contributed by atoms with Gasteiger partial charge in [0.15, 0.2) is 0 Å². The molecule has 1 fully saturated rings. The Bertz CT molecular complexity index is 986. The maximum Gasteiger partial charge on any atom is 0.257 e. The van der Waals surface area contributed by atoms with Crippen molar-refractivity contribution in [1.29, 1.82) is 0 Å². The Morgan fingerprint density at radius 3 is 2.45 bits per heavy atom. The van der Waals surface area contributed by atoms with Crippen LogP contribution in [-0.2, 0) is 10.0 Å². The predicted molar refractivity (Wildman–Crippen MR) is 114 cm³/mol. The van der Waals surface area contributed by atoms with E-state index in [9.17, 15) is 13.2 Å². The Hall–Kier alpha value is -2.09. The number of carbonyl (C=O) groups is 1. The van der Waals surface area contributed by atoms with E-state index in [4.69, 9.17) is 16.3 Å². The van der Waals surface area contributed by atoms with E-state index in [0.717, 1.165) is 19.3 Å². The van der Waals surface area contributed by atoms with Crippen molar-refractivity contribution in [2.24, 2.45) is 0 Å². The van der Waals surface area contributed by atoms with Crippen LogP contribution < -0.4 is 10.1 Å². The molecule has 1 heterocycles. The van der Waals surface area contributed by atoms with Crippen molar-refractivity contribution in [3.8, 4) is 5.75 Å². The summed E-state index contributed by atoms with van der Waals surface area (Å²) in [7, 11) is -3.64. The number of carbonyl (C=O) groups excluding carboxylic acids is 1. The summed E-state index contributed by atoms with van der Waals surface area (Å²) in [6, 6.07) is 11.2. The molecule has 2 aromatic carbocycles. The molecule has 2 aromatic rings. The van der Waals surface area contributed by atoms with Crippen molar-refractivity contribution in [3.63, 3.8) is 0 Å². The van der Waals surface area contributed by atoms with E-state index < -0.39 is 15.9 Å². The molecule has 0 aromatic heterocycles. The third-order valence-corrected chi connectivity index (χ3v) is 6.86. The van der Waals surface area contributed by atoms with Crippen LogP contribution in [0.2, 0.25) is 5.02 Å². The molecule has 0 aliphatic carbocycles. The van der Waals surface area contributed by atoms with E-state index >= 15 is 0 Å². The number of halogens is 1. The van der Waals surface area contributed by atoms with E-state index in [1.165, 1.54) is 16.4 Å². The highest BCUT2D eigenvalue weighted by molar-refractivity contribution is 7.89. The van der Waals surface area contributed by atoms with E-state index in [1.54, 1.807) is 30.3 Å². The molecule has 0 unspecified atom stereocenters. The number of nitrogens with zero attached hydrogens (tertiary/aromatic N) is 1. The van der Waals surface area contributed by atoms with Crippen molar-refractivity contribution in [2.75, 3.05) is 18.4 Å². The maximum atomic E-state index is 13.0. The molecule has 29 heavy (non-hydrogen) atoms. The van der Waals surface area contributed by atoms with Crippen LogP contribution in [0.15, 0.2) is 47.4 Å². The van der Waals surface area contributed by atoms with Gasteiger partial charge in [-0.3, -0.25) is 4.79 Å². The number of ether oxygens (including phenoxy) is 1. The van der Waals surface area contributed by atoms with Crippen molar-refractivity contribution in [3.05, 3.63) is 53.1 Å². The van der Waals surface area contributed by atoms with Gasteiger partial charge in [0.2, 0.25) is 10.0 Å². The highest BCUT2D eigenvalue weighted by atomic mass is 35.5. The molecule has 0 atom stereocenters. The molecule has 6 nitrogen and oxygen atoms in total. The second-order valence-electron chi connectivity index (χ2n) is 7.22. The van der Waals surface area contributed by atoms with Gasteiger partial charge in [-0.05, 0) is 57.0 Å². The zero-order chi connectivity index (χ0) is 21.0. The Kier molecular flexibility index (Phi) is 6.82. The minimum Gasteiger partial charge on any atom is -0.489 e. The van der Waals surface area contributed by atoms with E-state index in [0.29, 0.717) is 35.1 Å². The minimum absolute atomic E-state index is 0.130. The Morgan fingerprint density at radius 1 is 1.10 bits per heavy atom. The first-order chi connectivity index (χ1) is 13.8. The summed E-state index contributed by atoms with van der Waals surface area (Å²) in [6.07, 6.45) is 2.59. The number of anilines is 1. The molecular weight excluding hydrogens is 412 g/mol. The third kappa shape index (κ3) is 5.10. The lowest BCUT2D eigenvalue weighted by Gasteiger charge is -2.26. The summed E-state index contributed by atoms with van der Waals surface area (Å²) in [5.74, 6) is -0.0327. The van der Waals surface area contributed by atoms with Crippen molar-refractivity contribution < 1.29 is 17.9 Å². The van der Waals surface area contributed by atoms with E-state index in [1.807, 2.05) is 13.8 Å². The molecule has 1 aliphatic rings. The van der Waals surface area contributed by atoms with Gasteiger partial charge < -0.3 is 10.1 Å². The molecular formula is C21H25ClN2O4S. The highest BCUT2D eigenvalue weighted by Gasteiger charge is 2.27. The van der Waals surface area contributed by atoms with E-state index in [-0.39, 0.29) is 11.0 Å². The highest BCUT2D eigenvalue weighted by Crippen LogP contribution is 2.31. The summed E-state index contributed by atoms with van der Waals surface area (Å²) < 4.78 is 33.3. The molecule has 8 heteroatoms. The van der Waals surface area contributed by atoms with Gasteiger partial charge in [-0.1, -0.05) is 30.2 Å². The maximum absolute atomic E-state index is 13.0. The third-order valence-electron chi connectivity index (χ3n) is 4.63. The zero-order valence-corrected chi connectivity index (χ0v) is 18.1. The van der Waals surface area contributed by atoms with Gasteiger partial charge in [0, 0.05) is 13.1 Å². The molecule has 156 valence electrons. The normalized spacial score (nSPS) is 15.3. The second kappa shape index (κ2) is 9.15. The van der Waals surface area contributed by atoms with Crippen LogP contribution in [0.5, 0.6) is 5.75 Å². The molecule has 3 rings (SSSR count). The summed E-state index contributed by atoms with van der Waals surface area (Å²) >= 11 is 6.12. The molecule has 0 radical (unpaired) electrons. The topological polar surface area (TPSA) is 75.7 Å². The molecule has 0 bridgehead atoms. The van der Waals surface area contributed by atoms with Crippen LogP contribution in [0.4, 0.5) is 5.69 Å².